The highest BCUT2D eigenvalue weighted by molar-refractivity contribution is 7.87. The van der Waals surface area contributed by atoms with E-state index in [2.05, 4.69) is 16.6 Å². The maximum absolute atomic E-state index is 14.6. The molecule has 0 fully saturated rings. The summed E-state index contributed by atoms with van der Waals surface area (Å²) in [6.45, 7) is -0.0468. The van der Waals surface area contributed by atoms with Crippen LogP contribution in [0.2, 0.25) is 0 Å². The number of rotatable bonds is 9. The second-order valence-electron chi connectivity index (χ2n) is 11.0. The van der Waals surface area contributed by atoms with Crippen LogP contribution in [-0.4, -0.2) is 63.3 Å². The van der Waals surface area contributed by atoms with E-state index < -0.39 is 28.1 Å². The molecule has 0 saturated heterocycles. The largest absolute Gasteiger partial charge is 0.493 e. The lowest BCUT2D eigenvalue weighted by Crippen LogP contribution is -2.55. The highest BCUT2D eigenvalue weighted by Crippen LogP contribution is 2.40. The molecule has 11 heteroatoms. The van der Waals surface area contributed by atoms with E-state index in [1.807, 2.05) is 60.7 Å². The summed E-state index contributed by atoms with van der Waals surface area (Å²) in [4.78, 5) is 29.8. The minimum Gasteiger partial charge on any atom is -0.493 e. The van der Waals surface area contributed by atoms with Gasteiger partial charge >= 0.3 is 10.2 Å². The second-order valence-corrected chi connectivity index (χ2v) is 12.9. The van der Waals surface area contributed by atoms with E-state index >= 15 is 0 Å². The normalized spacial score (nSPS) is 14.2. The van der Waals surface area contributed by atoms with Crippen LogP contribution in [0, 0.1) is 17.7 Å². The molecule has 0 saturated carbocycles. The first-order valence-corrected chi connectivity index (χ1v) is 16.2. The second kappa shape index (κ2) is 14.5. The average Bonchev–Trinajstić information content (AvgIpc) is 3.07. The molecule has 0 aliphatic carbocycles. The number of ether oxygens (including phenoxy) is 2. The Hall–Kier alpha value is -5.18. The number of carbonyl (C=O) groups excluding carboxylic acids is 2. The van der Waals surface area contributed by atoms with Gasteiger partial charge in [0.25, 0.3) is 5.91 Å². The van der Waals surface area contributed by atoms with Crippen LogP contribution in [0.5, 0.6) is 11.5 Å². The first-order chi connectivity index (χ1) is 22.6. The molecule has 1 heterocycles. The quantitative estimate of drug-likeness (QED) is 0.270. The van der Waals surface area contributed by atoms with E-state index in [-0.39, 0.29) is 31.3 Å². The van der Waals surface area contributed by atoms with Gasteiger partial charge in [-0.3, -0.25) is 9.59 Å². The van der Waals surface area contributed by atoms with Crippen LogP contribution >= 0.6 is 0 Å². The predicted octanol–water partition coefficient (Wildman–Crippen LogP) is 4.27. The zero-order valence-corrected chi connectivity index (χ0v) is 27.0. The number of nitrogens with zero attached hydrogens (tertiary/aromatic N) is 2. The Bertz CT molecular complexity index is 1870. The fourth-order valence-electron chi connectivity index (χ4n) is 5.40. The summed E-state index contributed by atoms with van der Waals surface area (Å²) in [5.41, 5.74) is 3.37. The molecule has 0 aromatic heterocycles. The summed E-state index contributed by atoms with van der Waals surface area (Å²) < 4.78 is 53.5. The summed E-state index contributed by atoms with van der Waals surface area (Å²) in [7, 11) is -0.0778. The fraction of sp³-hybridized carbons (Fsp3) is 0.222. The number of halogens is 1. The molecule has 242 valence electrons. The zero-order chi connectivity index (χ0) is 33.6. The number of methoxy groups -OCH3 is 1. The maximum Gasteiger partial charge on any atom is 0.303 e. The first kappa shape index (κ1) is 33.2. The highest BCUT2D eigenvalue weighted by Gasteiger charge is 2.41. The molecule has 0 radical (unpaired) electrons. The van der Waals surface area contributed by atoms with Crippen LogP contribution in [0.1, 0.15) is 33.7 Å². The van der Waals surface area contributed by atoms with Gasteiger partial charge in [-0.2, -0.15) is 12.7 Å². The lowest BCUT2D eigenvalue weighted by atomic mass is 9.86. The van der Waals surface area contributed by atoms with E-state index in [1.54, 1.807) is 24.3 Å². The van der Waals surface area contributed by atoms with Crippen molar-refractivity contribution in [1.82, 2.24) is 13.9 Å². The van der Waals surface area contributed by atoms with Crippen LogP contribution in [-0.2, 0) is 32.8 Å². The molecule has 0 unspecified atom stereocenters. The van der Waals surface area contributed by atoms with E-state index in [9.17, 15) is 22.4 Å². The first-order valence-electron chi connectivity index (χ1n) is 14.8. The third kappa shape index (κ3) is 7.62. The number of hydrogen-bond acceptors (Lipinski definition) is 6. The Morgan fingerprint density at radius 3 is 2.15 bits per heavy atom. The van der Waals surface area contributed by atoms with Crippen LogP contribution in [0.25, 0.3) is 0 Å². The molecule has 47 heavy (non-hydrogen) atoms. The Balaban J connectivity index is 1.54. The van der Waals surface area contributed by atoms with Gasteiger partial charge in [0.05, 0.1) is 13.0 Å². The molecule has 1 aliphatic heterocycles. The molecule has 1 aliphatic rings. The summed E-state index contributed by atoms with van der Waals surface area (Å²) >= 11 is 0. The van der Waals surface area contributed by atoms with Crippen molar-refractivity contribution in [2.24, 2.45) is 0 Å². The maximum atomic E-state index is 14.6. The topological polar surface area (TPSA) is 105 Å². The van der Waals surface area contributed by atoms with Crippen LogP contribution < -0.4 is 14.2 Å². The molecule has 0 bridgehead atoms. The van der Waals surface area contributed by atoms with Crippen molar-refractivity contribution in [3.05, 3.63) is 131 Å². The average molecular weight is 656 g/mol. The highest BCUT2D eigenvalue weighted by atomic mass is 32.2. The number of hydrogen-bond donors (Lipinski definition) is 1. The number of amides is 2. The van der Waals surface area contributed by atoms with Crippen LogP contribution in [0.15, 0.2) is 97.1 Å². The van der Waals surface area contributed by atoms with E-state index in [0.717, 1.165) is 15.4 Å². The number of fused-ring (bicyclic) bond motifs is 1. The van der Waals surface area contributed by atoms with Gasteiger partial charge in [-0.05, 0) is 47.0 Å². The lowest BCUT2D eigenvalue weighted by molar-refractivity contribution is -0.141. The SMILES string of the molecule is COc1ccc2c(c1OCC#Cc1ccc(F)cc1)C[C@@H](C(=O)NS(=O)(=O)N(C)C)N(C(=O)C(c1ccccc1)c1ccccc1)C2. The van der Waals surface area contributed by atoms with Gasteiger partial charge in [-0.25, -0.2) is 9.11 Å². The van der Waals surface area contributed by atoms with Crippen molar-refractivity contribution in [3.63, 3.8) is 0 Å². The van der Waals surface area contributed by atoms with Gasteiger partial charge < -0.3 is 14.4 Å². The zero-order valence-electron chi connectivity index (χ0n) is 26.1. The molecule has 2 amide bonds. The van der Waals surface area contributed by atoms with Crippen molar-refractivity contribution >= 4 is 22.0 Å². The molecule has 1 atom stereocenters. The van der Waals surface area contributed by atoms with E-state index in [1.165, 1.54) is 38.2 Å². The summed E-state index contributed by atoms with van der Waals surface area (Å²) in [6.07, 6.45) is -0.0515. The van der Waals surface area contributed by atoms with Gasteiger partial charge in [0.15, 0.2) is 11.5 Å². The van der Waals surface area contributed by atoms with Crippen molar-refractivity contribution in [2.75, 3.05) is 27.8 Å². The molecule has 1 N–H and O–H groups in total. The van der Waals surface area contributed by atoms with Gasteiger partial charge in [-0.1, -0.05) is 78.6 Å². The van der Waals surface area contributed by atoms with Crippen LogP contribution in [0.3, 0.4) is 0 Å². The van der Waals surface area contributed by atoms with Crippen molar-refractivity contribution in [2.45, 2.75) is 24.9 Å². The van der Waals surface area contributed by atoms with Gasteiger partial charge in [0, 0.05) is 38.2 Å². The van der Waals surface area contributed by atoms with Gasteiger partial charge in [0.1, 0.15) is 18.5 Å². The van der Waals surface area contributed by atoms with E-state index in [4.69, 9.17) is 9.47 Å². The fourth-order valence-corrected chi connectivity index (χ4v) is 5.97. The summed E-state index contributed by atoms with van der Waals surface area (Å²) in [5.74, 6) is 4.20. The van der Waals surface area contributed by atoms with E-state index in [0.29, 0.717) is 28.2 Å². The molecular weight excluding hydrogens is 621 g/mol. The minimum absolute atomic E-state index is 0.00600. The minimum atomic E-state index is -4.17. The number of benzene rings is 4. The Morgan fingerprint density at radius 2 is 1.57 bits per heavy atom. The van der Waals surface area contributed by atoms with Crippen molar-refractivity contribution < 1.29 is 31.9 Å². The number of carbonyl (C=O) groups is 2. The van der Waals surface area contributed by atoms with Crippen molar-refractivity contribution in [3.8, 4) is 23.3 Å². The van der Waals surface area contributed by atoms with Gasteiger partial charge in [-0.15, -0.1) is 0 Å². The number of nitrogens with one attached hydrogen (secondary N) is 1. The Morgan fingerprint density at radius 1 is 0.957 bits per heavy atom. The standard InChI is InChI=1S/C36H34FN3O6S/c1-39(2)47(43,44)38-35(41)31-23-30-28(18-21-32(45-3)34(30)46-22-10-11-25-16-19-29(37)20-17-25)24-40(31)36(42)33(26-12-6-4-7-13-26)27-14-8-5-9-15-27/h4-9,12-21,31,33H,22-24H2,1-3H3,(H,38,41)/t31-/m0/s1. The lowest BCUT2D eigenvalue weighted by Gasteiger charge is -2.38. The van der Waals surface area contributed by atoms with Gasteiger partial charge in [0.2, 0.25) is 5.91 Å². The molecule has 0 spiro atoms. The Kier molecular flexibility index (Phi) is 10.2. The Labute approximate surface area is 274 Å². The van der Waals surface area contributed by atoms with Crippen molar-refractivity contribution in [1.29, 1.82) is 0 Å². The molecule has 4 aromatic rings. The molecule has 4 aromatic carbocycles. The third-order valence-corrected chi connectivity index (χ3v) is 9.25. The monoisotopic (exact) mass is 655 g/mol. The molecular formula is C36H34FN3O6S. The van der Waals surface area contributed by atoms with Crippen LogP contribution in [0.4, 0.5) is 4.39 Å². The molecule has 9 nitrogen and oxygen atoms in total. The summed E-state index contributed by atoms with van der Waals surface area (Å²) in [5, 5.41) is 0. The summed E-state index contributed by atoms with van der Waals surface area (Å²) in [6, 6.07) is 26.5. The predicted molar refractivity (Wildman–Crippen MR) is 175 cm³/mol. The molecule has 5 rings (SSSR count). The third-order valence-electron chi connectivity index (χ3n) is 7.83. The smallest absolute Gasteiger partial charge is 0.303 e.